The van der Waals surface area contributed by atoms with E-state index in [1.54, 1.807) is 6.20 Å². The fourth-order valence-corrected chi connectivity index (χ4v) is 2.38. The molecule has 2 rings (SSSR count). The lowest BCUT2D eigenvalue weighted by Gasteiger charge is -2.04. The van der Waals surface area contributed by atoms with Crippen molar-refractivity contribution in [1.82, 2.24) is 19.6 Å². The summed E-state index contributed by atoms with van der Waals surface area (Å²) in [6, 6.07) is 0. The van der Waals surface area contributed by atoms with E-state index in [1.807, 2.05) is 0 Å². The third-order valence-corrected chi connectivity index (χ3v) is 3.51. The molecule has 0 bridgehead atoms. The normalized spacial score (nSPS) is 10.6. The smallest absolute Gasteiger partial charge is 0.312 e. The van der Waals surface area contributed by atoms with Gasteiger partial charge in [-0.15, -0.1) is 0 Å². The molecule has 25 heavy (non-hydrogen) atoms. The van der Waals surface area contributed by atoms with E-state index in [4.69, 9.17) is 5.11 Å². The molecular formula is C14H18N6O5. The number of nitro groups is 1. The van der Waals surface area contributed by atoms with Gasteiger partial charge in [-0.1, -0.05) is 0 Å². The number of carboxylic acid groups (broad SMARTS) is 1. The van der Waals surface area contributed by atoms with Crippen molar-refractivity contribution < 1.29 is 19.6 Å². The largest absolute Gasteiger partial charge is 0.481 e. The number of aryl methyl sites for hydroxylation is 2. The first-order valence-electron chi connectivity index (χ1n) is 7.50. The number of carbonyl (C=O) groups excluding carboxylic acids is 1. The number of amides is 1. The lowest BCUT2D eigenvalue weighted by atomic mass is 10.3. The van der Waals surface area contributed by atoms with Gasteiger partial charge < -0.3 is 10.4 Å². The van der Waals surface area contributed by atoms with Crippen molar-refractivity contribution in [3.8, 4) is 0 Å². The maximum Gasteiger partial charge on any atom is 0.312 e. The number of carbonyl (C=O) groups is 2. The topological polar surface area (TPSA) is 145 Å². The highest BCUT2D eigenvalue weighted by Crippen LogP contribution is 2.21. The summed E-state index contributed by atoms with van der Waals surface area (Å²) >= 11 is 0. The second-order valence-corrected chi connectivity index (χ2v) is 5.47. The molecule has 0 unspecified atom stereocenters. The van der Waals surface area contributed by atoms with Crippen LogP contribution in [0.1, 0.15) is 24.2 Å². The minimum absolute atomic E-state index is 0.0399. The van der Waals surface area contributed by atoms with Crippen molar-refractivity contribution in [3.05, 3.63) is 33.9 Å². The molecule has 0 fully saturated rings. The summed E-state index contributed by atoms with van der Waals surface area (Å²) in [6.45, 7) is 3.31. The van der Waals surface area contributed by atoms with Gasteiger partial charge in [0.15, 0.2) is 0 Å². The number of carboxylic acids is 1. The Morgan fingerprint density at radius 3 is 2.72 bits per heavy atom. The van der Waals surface area contributed by atoms with E-state index >= 15 is 0 Å². The minimum atomic E-state index is -0.875. The van der Waals surface area contributed by atoms with Crippen molar-refractivity contribution >= 4 is 23.3 Å². The second kappa shape index (κ2) is 7.55. The molecule has 0 aromatic carbocycles. The summed E-state index contributed by atoms with van der Waals surface area (Å²) < 4.78 is 2.81. The average Bonchev–Trinajstić information content (AvgIpc) is 3.03. The quantitative estimate of drug-likeness (QED) is 0.535. The van der Waals surface area contributed by atoms with Crippen molar-refractivity contribution in [3.63, 3.8) is 0 Å². The van der Waals surface area contributed by atoms with E-state index in [1.165, 1.54) is 29.4 Å². The molecule has 1 amide bonds. The lowest BCUT2D eigenvalue weighted by molar-refractivity contribution is -0.386. The molecule has 11 heteroatoms. The van der Waals surface area contributed by atoms with E-state index in [-0.39, 0.29) is 24.3 Å². The van der Waals surface area contributed by atoms with Crippen LogP contribution in [0.3, 0.4) is 0 Å². The highest BCUT2D eigenvalue weighted by molar-refractivity contribution is 5.90. The zero-order chi connectivity index (χ0) is 18.6. The first kappa shape index (κ1) is 18.1. The fraction of sp³-hybridized carbons (Fsp3) is 0.429. The van der Waals surface area contributed by atoms with Crippen molar-refractivity contribution in [2.24, 2.45) is 0 Å². The molecule has 0 saturated heterocycles. The summed E-state index contributed by atoms with van der Waals surface area (Å²) in [5.74, 6) is -1.27. The first-order chi connectivity index (χ1) is 11.8. The van der Waals surface area contributed by atoms with Crippen molar-refractivity contribution in [2.45, 2.75) is 39.8 Å². The van der Waals surface area contributed by atoms with E-state index in [0.717, 1.165) is 0 Å². The summed E-state index contributed by atoms with van der Waals surface area (Å²) in [6.07, 6.45) is 3.50. The standard InChI is InChI=1S/C14H18N6O5/c1-9-14(20(24)25)10(2)19(17-9)8-12(21)16-11-6-15-18(7-11)5-3-4-13(22)23/h6-7H,3-5,8H2,1-2H3,(H,16,21)(H,22,23). The molecule has 0 atom stereocenters. The first-order valence-corrected chi connectivity index (χ1v) is 7.50. The van der Waals surface area contributed by atoms with Gasteiger partial charge in [0.2, 0.25) is 5.91 Å². The Kier molecular flexibility index (Phi) is 5.47. The fourth-order valence-electron chi connectivity index (χ4n) is 2.38. The zero-order valence-electron chi connectivity index (χ0n) is 13.8. The molecule has 11 nitrogen and oxygen atoms in total. The highest BCUT2D eigenvalue weighted by Gasteiger charge is 2.22. The SMILES string of the molecule is Cc1nn(CC(=O)Nc2cnn(CCCC(=O)O)c2)c(C)c1[N+](=O)[O-]. The van der Waals surface area contributed by atoms with E-state index in [0.29, 0.717) is 24.3 Å². The maximum absolute atomic E-state index is 12.1. The number of hydrogen-bond donors (Lipinski definition) is 2. The summed E-state index contributed by atoms with van der Waals surface area (Å²) in [4.78, 5) is 33.0. The van der Waals surface area contributed by atoms with Crippen LogP contribution in [0, 0.1) is 24.0 Å². The second-order valence-electron chi connectivity index (χ2n) is 5.47. The predicted octanol–water partition coefficient (Wildman–Crippen LogP) is 1.11. The van der Waals surface area contributed by atoms with Crippen molar-refractivity contribution in [1.29, 1.82) is 0 Å². The summed E-state index contributed by atoms with van der Waals surface area (Å²) in [5, 5.41) is 30.2. The number of nitrogens with zero attached hydrogens (tertiary/aromatic N) is 5. The number of aliphatic carboxylic acids is 1. The Morgan fingerprint density at radius 2 is 2.12 bits per heavy atom. The van der Waals surface area contributed by atoms with Crippen LogP contribution in [-0.2, 0) is 22.7 Å². The molecule has 2 aromatic heterocycles. The monoisotopic (exact) mass is 350 g/mol. The van der Waals surface area contributed by atoms with Gasteiger partial charge in [0.1, 0.15) is 17.9 Å². The van der Waals surface area contributed by atoms with Gasteiger partial charge in [0.05, 0.1) is 16.8 Å². The van der Waals surface area contributed by atoms with Crippen LogP contribution in [0.25, 0.3) is 0 Å². The average molecular weight is 350 g/mol. The number of anilines is 1. The molecule has 2 aromatic rings. The summed E-state index contributed by atoms with van der Waals surface area (Å²) in [7, 11) is 0. The zero-order valence-corrected chi connectivity index (χ0v) is 13.8. The maximum atomic E-state index is 12.1. The number of nitrogens with one attached hydrogen (secondary N) is 1. The van der Waals surface area contributed by atoms with Gasteiger partial charge in [0, 0.05) is 19.2 Å². The molecule has 0 saturated carbocycles. The van der Waals surface area contributed by atoms with Gasteiger partial charge in [-0.25, -0.2) is 0 Å². The molecule has 2 heterocycles. The van der Waals surface area contributed by atoms with Gasteiger partial charge in [-0.2, -0.15) is 10.2 Å². The molecule has 0 aliphatic carbocycles. The van der Waals surface area contributed by atoms with Gasteiger partial charge in [-0.3, -0.25) is 29.1 Å². The Labute approximate surface area is 142 Å². The van der Waals surface area contributed by atoms with E-state index < -0.39 is 16.8 Å². The van der Waals surface area contributed by atoms with Gasteiger partial charge in [-0.05, 0) is 20.3 Å². The predicted molar refractivity (Wildman–Crippen MR) is 86.1 cm³/mol. The Hall–Kier alpha value is -3.24. The molecule has 0 aliphatic rings. The highest BCUT2D eigenvalue weighted by atomic mass is 16.6. The Balaban J connectivity index is 1.95. The minimum Gasteiger partial charge on any atom is -0.481 e. The van der Waals surface area contributed by atoms with Gasteiger partial charge >= 0.3 is 11.7 Å². The Morgan fingerprint density at radius 1 is 1.40 bits per heavy atom. The van der Waals surface area contributed by atoms with Crippen molar-refractivity contribution in [2.75, 3.05) is 5.32 Å². The van der Waals surface area contributed by atoms with Crippen LogP contribution in [0.2, 0.25) is 0 Å². The van der Waals surface area contributed by atoms with Crippen LogP contribution >= 0.6 is 0 Å². The molecule has 2 N–H and O–H groups in total. The Bertz CT molecular complexity index is 809. The van der Waals surface area contributed by atoms with E-state index in [2.05, 4.69) is 15.5 Å². The molecular weight excluding hydrogens is 332 g/mol. The van der Waals surface area contributed by atoms with Crippen LogP contribution in [-0.4, -0.2) is 41.5 Å². The number of hydrogen-bond acceptors (Lipinski definition) is 6. The molecule has 0 radical (unpaired) electrons. The van der Waals surface area contributed by atoms with Gasteiger partial charge in [0.25, 0.3) is 0 Å². The number of rotatable bonds is 8. The van der Waals surface area contributed by atoms with Crippen LogP contribution < -0.4 is 5.32 Å². The third kappa shape index (κ3) is 4.62. The number of aromatic nitrogens is 4. The molecule has 134 valence electrons. The van der Waals surface area contributed by atoms with Crippen LogP contribution in [0.15, 0.2) is 12.4 Å². The molecule has 0 spiro atoms. The summed E-state index contributed by atoms with van der Waals surface area (Å²) in [5.41, 5.74) is 0.916. The van der Waals surface area contributed by atoms with E-state index in [9.17, 15) is 19.7 Å². The molecule has 0 aliphatic heterocycles. The third-order valence-electron chi connectivity index (χ3n) is 3.51. The van der Waals surface area contributed by atoms with Crippen LogP contribution in [0.4, 0.5) is 11.4 Å². The lowest BCUT2D eigenvalue weighted by Crippen LogP contribution is -2.20. The van der Waals surface area contributed by atoms with Crippen LogP contribution in [0.5, 0.6) is 0 Å².